The van der Waals surface area contributed by atoms with Crippen LogP contribution in [-0.2, 0) is 16.1 Å². The summed E-state index contributed by atoms with van der Waals surface area (Å²) in [4.78, 5) is 32.2. The Hall–Kier alpha value is -4.14. The monoisotopic (exact) mass is 526 g/mol. The van der Waals surface area contributed by atoms with E-state index in [4.69, 9.17) is 4.98 Å². The molecule has 9 nitrogen and oxygen atoms in total. The van der Waals surface area contributed by atoms with Crippen molar-refractivity contribution in [3.63, 3.8) is 0 Å². The van der Waals surface area contributed by atoms with E-state index < -0.39 is 11.4 Å². The van der Waals surface area contributed by atoms with Gasteiger partial charge in [0.1, 0.15) is 0 Å². The number of carbonyl (C=O) groups is 2. The second-order valence-electron chi connectivity index (χ2n) is 10.5. The van der Waals surface area contributed by atoms with Crippen molar-refractivity contribution in [2.75, 3.05) is 6.54 Å². The number of aromatic nitrogens is 5. The smallest absolute Gasteiger partial charge is 0.311 e. The summed E-state index contributed by atoms with van der Waals surface area (Å²) in [6.45, 7) is 2.76. The van der Waals surface area contributed by atoms with Crippen molar-refractivity contribution in [1.29, 1.82) is 0 Å². The van der Waals surface area contributed by atoms with Gasteiger partial charge in [0.05, 0.1) is 16.6 Å². The molecule has 1 fully saturated rings. The number of unbranched alkanes of at least 4 members (excludes halogenated alkanes) is 2. The van der Waals surface area contributed by atoms with Gasteiger partial charge in [-0.05, 0) is 53.5 Å². The zero-order chi connectivity index (χ0) is 27.2. The van der Waals surface area contributed by atoms with Crippen LogP contribution in [0, 0.1) is 5.41 Å². The van der Waals surface area contributed by atoms with E-state index in [1.807, 2.05) is 54.6 Å². The minimum absolute atomic E-state index is 0.0306. The van der Waals surface area contributed by atoms with E-state index in [0.717, 1.165) is 65.4 Å². The van der Waals surface area contributed by atoms with Gasteiger partial charge < -0.3 is 10.0 Å². The summed E-state index contributed by atoms with van der Waals surface area (Å²) in [5, 5.41) is 25.3. The number of hydrogen-bond donors (Lipinski definition) is 2. The predicted molar refractivity (Wildman–Crippen MR) is 148 cm³/mol. The average Bonchev–Trinajstić information content (AvgIpc) is 3.66. The van der Waals surface area contributed by atoms with E-state index in [1.54, 1.807) is 4.90 Å². The second-order valence-corrected chi connectivity index (χ2v) is 10.5. The van der Waals surface area contributed by atoms with E-state index in [9.17, 15) is 14.7 Å². The van der Waals surface area contributed by atoms with Gasteiger partial charge in [-0.1, -0.05) is 69.0 Å². The lowest BCUT2D eigenvalue weighted by atomic mass is 9.85. The fraction of sp³-hybridized carbons (Fsp3) is 0.400. The second kappa shape index (κ2) is 11.7. The molecule has 4 aromatic rings. The van der Waals surface area contributed by atoms with Crippen molar-refractivity contribution in [1.82, 2.24) is 30.5 Å². The molecule has 0 radical (unpaired) electrons. The molecule has 1 aliphatic carbocycles. The quantitative estimate of drug-likeness (QED) is 0.242. The number of aliphatic carboxylic acids is 1. The molecule has 1 saturated carbocycles. The van der Waals surface area contributed by atoms with Crippen LogP contribution in [0.15, 0.2) is 54.6 Å². The maximum Gasteiger partial charge on any atom is 0.311 e. The van der Waals surface area contributed by atoms with Gasteiger partial charge >= 0.3 is 5.97 Å². The third-order valence-corrected chi connectivity index (χ3v) is 7.79. The highest BCUT2D eigenvalue weighted by molar-refractivity contribution is 5.86. The number of tetrazole rings is 1. The molecule has 0 unspecified atom stereocenters. The van der Waals surface area contributed by atoms with E-state index in [0.29, 0.717) is 31.6 Å². The molecule has 1 aliphatic rings. The Bertz CT molecular complexity index is 1450. The number of nitrogens with zero attached hydrogens (tertiary/aromatic N) is 5. The number of benzene rings is 2. The van der Waals surface area contributed by atoms with Crippen molar-refractivity contribution in [2.45, 2.75) is 64.8 Å². The summed E-state index contributed by atoms with van der Waals surface area (Å²) in [5.41, 5.74) is 3.54. The summed E-state index contributed by atoms with van der Waals surface area (Å²) in [5.74, 6) is -0.181. The lowest BCUT2D eigenvalue weighted by Gasteiger charge is -2.32. The Morgan fingerprint density at radius 2 is 1.82 bits per heavy atom. The van der Waals surface area contributed by atoms with Crippen molar-refractivity contribution in [3.05, 3.63) is 60.2 Å². The van der Waals surface area contributed by atoms with Crippen LogP contribution in [0.25, 0.3) is 33.5 Å². The molecule has 9 heteroatoms. The summed E-state index contributed by atoms with van der Waals surface area (Å²) >= 11 is 0. The Morgan fingerprint density at radius 1 is 1.03 bits per heavy atom. The molecule has 1 amide bonds. The van der Waals surface area contributed by atoms with Crippen LogP contribution in [0.2, 0.25) is 0 Å². The number of carboxylic acid groups (broad SMARTS) is 1. The third-order valence-electron chi connectivity index (χ3n) is 7.79. The molecule has 2 N–H and O–H groups in total. The lowest BCUT2D eigenvalue weighted by Crippen LogP contribution is -2.44. The van der Waals surface area contributed by atoms with Gasteiger partial charge in [-0.25, -0.2) is 10.1 Å². The number of amides is 1. The van der Waals surface area contributed by atoms with E-state index in [1.165, 1.54) is 0 Å². The molecule has 2 aromatic carbocycles. The maximum absolute atomic E-state index is 13.3. The van der Waals surface area contributed by atoms with Crippen LogP contribution in [0.4, 0.5) is 0 Å². The highest BCUT2D eigenvalue weighted by Gasteiger charge is 2.43. The zero-order valence-corrected chi connectivity index (χ0v) is 22.3. The number of pyridine rings is 1. The zero-order valence-electron chi connectivity index (χ0n) is 22.3. The number of aromatic amines is 1. The molecular formula is C30H34N6O3. The summed E-state index contributed by atoms with van der Waals surface area (Å²) in [7, 11) is 0. The Balaban J connectivity index is 1.41. The van der Waals surface area contributed by atoms with Gasteiger partial charge in [0.15, 0.2) is 5.82 Å². The number of hydrogen-bond acceptors (Lipinski definition) is 6. The average molecular weight is 527 g/mol. The summed E-state index contributed by atoms with van der Waals surface area (Å²) in [6, 6.07) is 17.8. The number of carboxylic acids is 1. The first-order chi connectivity index (χ1) is 19.0. The number of rotatable bonds is 11. The van der Waals surface area contributed by atoms with Crippen molar-refractivity contribution in [2.24, 2.45) is 5.41 Å². The van der Waals surface area contributed by atoms with Crippen LogP contribution in [0.3, 0.4) is 0 Å². The molecule has 202 valence electrons. The molecular weight excluding hydrogens is 492 g/mol. The normalized spacial score (nSPS) is 14.5. The Labute approximate surface area is 227 Å². The van der Waals surface area contributed by atoms with Crippen LogP contribution in [-0.4, -0.2) is 54.0 Å². The van der Waals surface area contributed by atoms with Crippen molar-refractivity contribution in [3.8, 4) is 22.6 Å². The first-order valence-corrected chi connectivity index (χ1v) is 13.7. The lowest BCUT2D eigenvalue weighted by molar-refractivity contribution is -0.151. The first-order valence-electron chi connectivity index (χ1n) is 13.7. The van der Waals surface area contributed by atoms with Gasteiger partial charge in [-0.2, -0.15) is 0 Å². The summed E-state index contributed by atoms with van der Waals surface area (Å²) in [6.07, 6.45) is 6.32. The first kappa shape index (κ1) is 26.5. The van der Waals surface area contributed by atoms with Gasteiger partial charge in [0, 0.05) is 36.0 Å². The predicted octanol–water partition coefficient (Wildman–Crippen LogP) is 5.64. The van der Waals surface area contributed by atoms with E-state index >= 15 is 0 Å². The maximum atomic E-state index is 13.3. The molecule has 0 atom stereocenters. The number of fused-ring (bicyclic) bond motifs is 1. The molecule has 5 rings (SSSR count). The number of carbonyl (C=O) groups excluding carboxylic acids is 1. The van der Waals surface area contributed by atoms with E-state index in [2.05, 4.69) is 27.5 Å². The van der Waals surface area contributed by atoms with Crippen molar-refractivity contribution >= 4 is 22.8 Å². The van der Waals surface area contributed by atoms with Crippen LogP contribution in [0.5, 0.6) is 0 Å². The Kier molecular flexibility index (Phi) is 7.95. The van der Waals surface area contributed by atoms with E-state index in [-0.39, 0.29) is 12.5 Å². The highest BCUT2D eigenvalue weighted by atomic mass is 16.4. The molecule has 0 bridgehead atoms. The minimum atomic E-state index is -0.847. The standard InChI is InChI=1S/C30H34N6O3/c1-2-3-4-11-27(37)36(20-30(29(38)39)16-7-8-17-30)19-21-12-14-25-22(18-21)13-15-26(31-25)23-9-5-6-10-24(23)28-32-34-35-33-28/h5-6,9-10,12-15,18H,2-4,7-8,11,16-17,19-20H2,1H3,(H,38,39)(H,32,33,34,35). The fourth-order valence-corrected chi connectivity index (χ4v) is 5.60. The van der Waals surface area contributed by atoms with Gasteiger partial charge in [-0.15, -0.1) is 5.10 Å². The van der Waals surface area contributed by atoms with Crippen LogP contribution >= 0.6 is 0 Å². The van der Waals surface area contributed by atoms with Crippen LogP contribution < -0.4 is 0 Å². The Morgan fingerprint density at radius 3 is 2.54 bits per heavy atom. The fourth-order valence-electron chi connectivity index (χ4n) is 5.60. The largest absolute Gasteiger partial charge is 0.481 e. The third kappa shape index (κ3) is 5.82. The topological polar surface area (TPSA) is 125 Å². The molecule has 2 heterocycles. The molecule has 39 heavy (non-hydrogen) atoms. The number of nitrogens with one attached hydrogen (secondary N) is 1. The minimum Gasteiger partial charge on any atom is -0.481 e. The molecule has 0 spiro atoms. The molecule has 0 aliphatic heterocycles. The number of H-pyrrole nitrogens is 1. The van der Waals surface area contributed by atoms with Crippen molar-refractivity contribution < 1.29 is 14.7 Å². The summed E-state index contributed by atoms with van der Waals surface area (Å²) < 4.78 is 0. The SMILES string of the molecule is CCCCCC(=O)N(Cc1ccc2nc(-c3ccccc3-c3nnn[nH]3)ccc2c1)CC1(C(=O)O)CCCC1. The highest BCUT2D eigenvalue weighted by Crippen LogP contribution is 2.39. The van der Waals surface area contributed by atoms with Crippen LogP contribution in [0.1, 0.15) is 63.9 Å². The molecule has 0 saturated heterocycles. The van der Waals surface area contributed by atoms with Gasteiger partial charge in [0.25, 0.3) is 0 Å². The molecule has 2 aromatic heterocycles. The van der Waals surface area contributed by atoms with Gasteiger partial charge in [-0.3, -0.25) is 9.59 Å². The van der Waals surface area contributed by atoms with Gasteiger partial charge in [0.2, 0.25) is 5.91 Å².